The van der Waals surface area contributed by atoms with Gasteiger partial charge < -0.3 is 20.3 Å². The van der Waals surface area contributed by atoms with Crippen molar-refractivity contribution in [2.45, 2.75) is 18.9 Å². The first-order valence-electron chi connectivity index (χ1n) is 5.21. The van der Waals surface area contributed by atoms with Gasteiger partial charge in [0.1, 0.15) is 0 Å². The maximum Gasteiger partial charge on any atom is 0.237 e. The van der Waals surface area contributed by atoms with Crippen molar-refractivity contribution in [1.29, 1.82) is 0 Å². The Morgan fingerprint density at radius 2 is 2.25 bits per heavy atom. The van der Waals surface area contributed by atoms with Crippen LogP contribution < -0.4 is 10.1 Å². The van der Waals surface area contributed by atoms with Gasteiger partial charge in [-0.3, -0.25) is 0 Å². The minimum absolute atomic E-state index is 0.217. The van der Waals surface area contributed by atoms with Gasteiger partial charge in [-0.1, -0.05) is 0 Å². The van der Waals surface area contributed by atoms with Gasteiger partial charge in [0.2, 0.25) is 5.88 Å². The number of hydrogen-bond acceptors (Lipinski definition) is 5. The molecule has 1 aromatic heterocycles. The van der Waals surface area contributed by atoms with Crippen molar-refractivity contribution in [1.82, 2.24) is 4.98 Å². The molecule has 16 heavy (non-hydrogen) atoms. The van der Waals surface area contributed by atoms with Crippen LogP contribution in [-0.4, -0.2) is 42.1 Å². The quantitative estimate of drug-likeness (QED) is 0.655. The first-order valence-corrected chi connectivity index (χ1v) is 5.21. The lowest BCUT2D eigenvalue weighted by Crippen LogP contribution is -2.13. The summed E-state index contributed by atoms with van der Waals surface area (Å²) in [6.45, 7) is -0.217. The fourth-order valence-electron chi connectivity index (χ4n) is 1.37. The van der Waals surface area contributed by atoms with E-state index in [1.165, 1.54) is 0 Å². The maximum absolute atomic E-state index is 9.23. The van der Waals surface area contributed by atoms with Gasteiger partial charge in [-0.15, -0.1) is 0 Å². The van der Waals surface area contributed by atoms with Crippen molar-refractivity contribution < 1.29 is 14.9 Å². The first-order chi connectivity index (χ1) is 7.71. The Hall–Kier alpha value is -1.33. The highest BCUT2D eigenvalue weighted by Crippen LogP contribution is 2.21. The summed E-state index contributed by atoms with van der Waals surface area (Å²) in [5, 5.41) is 20.9. The van der Waals surface area contributed by atoms with Crippen LogP contribution in [0.15, 0.2) is 12.1 Å². The molecule has 0 aliphatic heterocycles. The Bertz CT molecular complexity index is 331. The van der Waals surface area contributed by atoms with E-state index in [4.69, 9.17) is 9.84 Å². The second kappa shape index (κ2) is 6.30. The molecule has 3 N–H and O–H groups in total. The number of aliphatic hydroxyl groups excluding tert-OH is 2. The first kappa shape index (κ1) is 12.7. The van der Waals surface area contributed by atoms with Crippen molar-refractivity contribution in [3.05, 3.63) is 17.8 Å². The fourth-order valence-corrected chi connectivity index (χ4v) is 1.37. The normalized spacial score (nSPS) is 12.2. The van der Waals surface area contributed by atoms with Crippen molar-refractivity contribution in [2.75, 3.05) is 26.1 Å². The Kier molecular flexibility index (Phi) is 5.01. The highest BCUT2D eigenvalue weighted by molar-refractivity contribution is 5.52. The number of rotatable bonds is 6. The van der Waals surface area contributed by atoms with Gasteiger partial charge in [-0.05, 0) is 25.0 Å². The van der Waals surface area contributed by atoms with E-state index in [9.17, 15) is 5.11 Å². The molecule has 0 radical (unpaired) electrons. The summed E-state index contributed by atoms with van der Waals surface area (Å²) in [6.07, 6.45) is 0.421. The monoisotopic (exact) mass is 226 g/mol. The average molecular weight is 226 g/mol. The standard InChI is InChI=1S/C11H18N2O3/c1-12-10-6-4-8(13-11(10)16-2)3-5-9(15)7-14/h4,6,9,12,14-15H,3,5,7H2,1-2H3. The van der Waals surface area contributed by atoms with Crippen molar-refractivity contribution in [3.63, 3.8) is 0 Å². The van der Waals surface area contributed by atoms with E-state index in [0.717, 1.165) is 11.4 Å². The number of hydrogen-bond donors (Lipinski definition) is 3. The number of ether oxygens (including phenoxy) is 1. The molecule has 0 aliphatic rings. The van der Waals surface area contributed by atoms with Crippen molar-refractivity contribution >= 4 is 5.69 Å². The predicted molar refractivity (Wildman–Crippen MR) is 61.7 cm³/mol. The Labute approximate surface area is 95.1 Å². The summed E-state index contributed by atoms with van der Waals surface area (Å²) in [5.74, 6) is 0.540. The predicted octanol–water partition coefficient (Wildman–Crippen LogP) is 0.418. The van der Waals surface area contributed by atoms with Crippen LogP contribution in [0.3, 0.4) is 0 Å². The Morgan fingerprint density at radius 3 is 2.81 bits per heavy atom. The van der Waals surface area contributed by atoms with Gasteiger partial charge in [-0.25, -0.2) is 4.98 Å². The van der Waals surface area contributed by atoms with Crippen LogP contribution in [-0.2, 0) is 6.42 Å². The Balaban J connectivity index is 2.67. The van der Waals surface area contributed by atoms with Gasteiger partial charge in [0.15, 0.2) is 0 Å². The van der Waals surface area contributed by atoms with Crippen molar-refractivity contribution in [2.24, 2.45) is 0 Å². The number of aromatic nitrogens is 1. The zero-order valence-electron chi connectivity index (χ0n) is 9.60. The molecule has 1 heterocycles. The van der Waals surface area contributed by atoms with Gasteiger partial charge in [0, 0.05) is 12.7 Å². The minimum atomic E-state index is -0.684. The largest absolute Gasteiger partial charge is 0.480 e. The summed E-state index contributed by atoms with van der Waals surface area (Å²) >= 11 is 0. The summed E-state index contributed by atoms with van der Waals surface area (Å²) in [6, 6.07) is 3.75. The fraction of sp³-hybridized carbons (Fsp3) is 0.545. The lowest BCUT2D eigenvalue weighted by atomic mass is 10.1. The second-order valence-corrected chi connectivity index (χ2v) is 3.48. The number of nitrogens with zero attached hydrogens (tertiary/aromatic N) is 1. The smallest absolute Gasteiger partial charge is 0.237 e. The molecule has 5 nitrogen and oxygen atoms in total. The average Bonchev–Trinajstić information content (AvgIpc) is 2.35. The van der Waals surface area contributed by atoms with Crippen LogP contribution >= 0.6 is 0 Å². The molecule has 0 amide bonds. The minimum Gasteiger partial charge on any atom is -0.480 e. The van der Waals surface area contributed by atoms with Gasteiger partial charge in [0.25, 0.3) is 0 Å². The zero-order valence-corrected chi connectivity index (χ0v) is 9.60. The highest BCUT2D eigenvalue weighted by atomic mass is 16.5. The Morgan fingerprint density at radius 1 is 1.50 bits per heavy atom. The number of nitrogens with one attached hydrogen (secondary N) is 1. The third-order valence-electron chi connectivity index (χ3n) is 2.33. The van der Waals surface area contributed by atoms with Crippen LogP contribution in [0.1, 0.15) is 12.1 Å². The van der Waals surface area contributed by atoms with E-state index in [1.54, 1.807) is 14.2 Å². The molecule has 0 bridgehead atoms. The molecular weight excluding hydrogens is 208 g/mol. The van der Waals surface area contributed by atoms with Crippen LogP contribution in [0.5, 0.6) is 5.88 Å². The lowest BCUT2D eigenvalue weighted by molar-refractivity contribution is 0.0883. The number of aryl methyl sites for hydroxylation is 1. The topological polar surface area (TPSA) is 74.6 Å². The summed E-state index contributed by atoms with van der Waals surface area (Å²) < 4.78 is 5.12. The van der Waals surface area contributed by atoms with Crippen molar-refractivity contribution in [3.8, 4) is 5.88 Å². The molecule has 1 aromatic rings. The van der Waals surface area contributed by atoms with E-state index >= 15 is 0 Å². The van der Waals surface area contributed by atoms with Crippen LogP contribution in [0, 0.1) is 0 Å². The molecule has 90 valence electrons. The molecule has 1 atom stereocenters. The SMILES string of the molecule is CNc1ccc(CCC(O)CO)nc1OC. The molecule has 5 heteroatoms. The lowest BCUT2D eigenvalue weighted by Gasteiger charge is -2.10. The van der Waals surface area contributed by atoms with E-state index in [1.807, 2.05) is 12.1 Å². The van der Waals surface area contributed by atoms with E-state index in [0.29, 0.717) is 18.7 Å². The molecule has 0 saturated carbocycles. The van der Waals surface area contributed by atoms with E-state index < -0.39 is 6.10 Å². The molecule has 0 fully saturated rings. The van der Waals surface area contributed by atoms with Gasteiger partial charge in [-0.2, -0.15) is 0 Å². The summed E-state index contributed by atoms with van der Waals surface area (Å²) in [4.78, 5) is 4.29. The summed E-state index contributed by atoms with van der Waals surface area (Å²) in [5.41, 5.74) is 1.66. The number of anilines is 1. The maximum atomic E-state index is 9.23. The number of methoxy groups -OCH3 is 1. The van der Waals surface area contributed by atoms with E-state index in [2.05, 4.69) is 10.3 Å². The summed E-state index contributed by atoms with van der Waals surface area (Å²) in [7, 11) is 3.37. The number of pyridine rings is 1. The highest BCUT2D eigenvalue weighted by Gasteiger charge is 2.07. The van der Waals surface area contributed by atoms with E-state index in [-0.39, 0.29) is 6.61 Å². The molecule has 0 aliphatic carbocycles. The molecule has 0 spiro atoms. The third-order valence-corrected chi connectivity index (χ3v) is 2.33. The molecule has 0 saturated heterocycles. The van der Waals surface area contributed by atoms with Gasteiger partial charge >= 0.3 is 0 Å². The van der Waals surface area contributed by atoms with Crippen LogP contribution in [0.2, 0.25) is 0 Å². The molecule has 1 unspecified atom stereocenters. The van der Waals surface area contributed by atoms with Crippen LogP contribution in [0.25, 0.3) is 0 Å². The molecule has 1 rings (SSSR count). The third kappa shape index (κ3) is 3.36. The molecule has 0 aromatic carbocycles. The molecular formula is C11H18N2O3. The van der Waals surface area contributed by atoms with Gasteiger partial charge in [0.05, 0.1) is 25.5 Å². The zero-order chi connectivity index (χ0) is 12.0. The number of aliphatic hydroxyl groups is 2. The van der Waals surface area contributed by atoms with Crippen LogP contribution in [0.4, 0.5) is 5.69 Å². The second-order valence-electron chi connectivity index (χ2n) is 3.48.